The minimum Gasteiger partial charge on any atom is -0.481 e. The molecule has 2 aliphatic carbocycles. The minimum absolute atomic E-state index is 0.0573. The first-order valence-electron chi connectivity index (χ1n) is 7.58. The Morgan fingerprint density at radius 2 is 1.95 bits per heavy atom. The Labute approximate surface area is 115 Å². The van der Waals surface area contributed by atoms with Crippen LogP contribution in [0.1, 0.15) is 58.3 Å². The van der Waals surface area contributed by atoms with Crippen molar-refractivity contribution in [3.05, 3.63) is 0 Å². The summed E-state index contributed by atoms with van der Waals surface area (Å²) < 4.78 is 0. The van der Waals surface area contributed by atoms with Crippen LogP contribution in [0.4, 0.5) is 0 Å². The molecule has 0 bridgehead atoms. The molecular formula is C15H25NO3. The van der Waals surface area contributed by atoms with E-state index < -0.39 is 11.4 Å². The number of aliphatic carboxylic acids is 1. The van der Waals surface area contributed by atoms with Gasteiger partial charge in [0.25, 0.3) is 0 Å². The molecule has 2 N–H and O–H groups in total. The highest BCUT2D eigenvalue weighted by Crippen LogP contribution is 2.45. The Balaban J connectivity index is 1.78. The molecule has 0 aromatic rings. The molecule has 2 saturated carbocycles. The van der Waals surface area contributed by atoms with E-state index in [9.17, 15) is 9.59 Å². The normalized spacial score (nSPS) is 23.0. The van der Waals surface area contributed by atoms with Gasteiger partial charge < -0.3 is 10.4 Å². The molecule has 19 heavy (non-hydrogen) atoms. The molecule has 1 amide bonds. The third-order valence-electron chi connectivity index (χ3n) is 4.86. The molecule has 1 atom stereocenters. The smallest absolute Gasteiger partial charge is 0.311 e. The predicted octanol–water partition coefficient (Wildman–Crippen LogP) is 2.57. The fourth-order valence-corrected chi connectivity index (χ4v) is 3.13. The van der Waals surface area contributed by atoms with Gasteiger partial charge in [-0.1, -0.05) is 32.6 Å². The molecule has 0 aliphatic heterocycles. The van der Waals surface area contributed by atoms with Crippen molar-refractivity contribution >= 4 is 11.9 Å². The van der Waals surface area contributed by atoms with Crippen LogP contribution in [0.2, 0.25) is 0 Å². The fourth-order valence-electron chi connectivity index (χ4n) is 3.13. The number of hydrogen-bond donors (Lipinski definition) is 2. The molecule has 0 spiro atoms. The molecule has 0 saturated heterocycles. The Kier molecular flexibility index (Phi) is 4.48. The Bertz CT molecular complexity index is 343. The topological polar surface area (TPSA) is 66.4 Å². The van der Waals surface area contributed by atoms with Gasteiger partial charge in [-0.15, -0.1) is 0 Å². The van der Waals surface area contributed by atoms with Crippen molar-refractivity contribution < 1.29 is 14.7 Å². The maximum absolute atomic E-state index is 12.2. The largest absolute Gasteiger partial charge is 0.481 e. The summed E-state index contributed by atoms with van der Waals surface area (Å²) in [6, 6.07) is 0. The molecule has 108 valence electrons. The monoisotopic (exact) mass is 267 g/mol. The Morgan fingerprint density at radius 1 is 1.32 bits per heavy atom. The van der Waals surface area contributed by atoms with Gasteiger partial charge in [-0.2, -0.15) is 0 Å². The van der Waals surface area contributed by atoms with Gasteiger partial charge in [0, 0.05) is 12.5 Å². The van der Waals surface area contributed by atoms with Crippen LogP contribution in [0.25, 0.3) is 0 Å². The van der Waals surface area contributed by atoms with E-state index >= 15 is 0 Å². The standard InChI is InChI=1S/C15H25NO3/c1-2-12(9-11-5-3-4-6-11)13(17)16-10-15(7-8-15)14(18)19/h11-12H,2-10H2,1H3,(H,16,17)(H,18,19). The van der Waals surface area contributed by atoms with E-state index in [0.29, 0.717) is 25.3 Å². The van der Waals surface area contributed by atoms with Gasteiger partial charge in [0.2, 0.25) is 5.91 Å². The van der Waals surface area contributed by atoms with Crippen LogP contribution in [0.15, 0.2) is 0 Å². The number of nitrogens with one attached hydrogen (secondary N) is 1. The first-order valence-corrected chi connectivity index (χ1v) is 7.58. The average molecular weight is 267 g/mol. The van der Waals surface area contributed by atoms with Crippen molar-refractivity contribution in [3.8, 4) is 0 Å². The molecule has 2 fully saturated rings. The Hall–Kier alpha value is -1.06. The minimum atomic E-state index is -0.767. The van der Waals surface area contributed by atoms with E-state index in [1.807, 2.05) is 6.92 Å². The average Bonchev–Trinajstić information content (AvgIpc) is 3.02. The zero-order valence-electron chi connectivity index (χ0n) is 11.8. The van der Waals surface area contributed by atoms with E-state index in [-0.39, 0.29) is 11.8 Å². The van der Waals surface area contributed by atoms with Gasteiger partial charge in [-0.3, -0.25) is 9.59 Å². The van der Waals surface area contributed by atoms with Crippen LogP contribution < -0.4 is 5.32 Å². The molecular weight excluding hydrogens is 242 g/mol. The van der Waals surface area contributed by atoms with Gasteiger partial charge in [0.15, 0.2) is 0 Å². The molecule has 0 heterocycles. The number of hydrogen-bond acceptors (Lipinski definition) is 2. The second-order valence-corrected chi connectivity index (χ2v) is 6.29. The van der Waals surface area contributed by atoms with Gasteiger partial charge in [-0.25, -0.2) is 0 Å². The molecule has 2 aliphatic rings. The summed E-state index contributed by atoms with van der Waals surface area (Å²) in [7, 11) is 0. The van der Waals surface area contributed by atoms with E-state index in [4.69, 9.17) is 5.11 Å². The molecule has 0 aromatic heterocycles. The summed E-state index contributed by atoms with van der Waals surface area (Å²) in [6.45, 7) is 2.35. The van der Waals surface area contributed by atoms with Crippen molar-refractivity contribution in [2.45, 2.75) is 58.3 Å². The number of carboxylic acids is 1. The zero-order valence-corrected chi connectivity index (χ0v) is 11.8. The fraction of sp³-hybridized carbons (Fsp3) is 0.867. The molecule has 1 unspecified atom stereocenters. The molecule has 4 nitrogen and oxygen atoms in total. The highest BCUT2D eigenvalue weighted by molar-refractivity contribution is 5.82. The van der Waals surface area contributed by atoms with Crippen molar-refractivity contribution in [2.75, 3.05) is 6.54 Å². The summed E-state index contributed by atoms with van der Waals surface area (Å²) in [4.78, 5) is 23.2. The Morgan fingerprint density at radius 3 is 2.42 bits per heavy atom. The lowest BCUT2D eigenvalue weighted by atomic mass is 9.90. The lowest BCUT2D eigenvalue weighted by molar-refractivity contribution is -0.143. The third-order valence-corrected chi connectivity index (χ3v) is 4.86. The van der Waals surface area contributed by atoms with E-state index in [2.05, 4.69) is 5.32 Å². The van der Waals surface area contributed by atoms with Crippen LogP contribution in [-0.4, -0.2) is 23.5 Å². The second-order valence-electron chi connectivity index (χ2n) is 6.29. The molecule has 2 rings (SSSR count). The van der Waals surface area contributed by atoms with Crippen molar-refractivity contribution in [1.82, 2.24) is 5.32 Å². The van der Waals surface area contributed by atoms with Gasteiger partial charge in [-0.05, 0) is 31.6 Å². The molecule has 4 heteroatoms. The van der Waals surface area contributed by atoms with Crippen LogP contribution in [0.3, 0.4) is 0 Å². The number of carbonyl (C=O) groups is 2. The quantitative estimate of drug-likeness (QED) is 0.745. The summed E-state index contributed by atoms with van der Waals surface area (Å²) in [5.74, 6) is 0.0521. The van der Waals surface area contributed by atoms with Crippen molar-refractivity contribution in [2.24, 2.45) is 17.3 Å². The first kappa shape index (κ1) is 14.4. The summed E-state index contributed by atoms with van der Waals surface area (Å²) in [5, 5.41) is 12.0. The number of carbonyl (C=O) groups excluding carboxylic acids is 1. The lowest BCUT2D eigenvalue weighted by Gasteiger charge is -2.20. The van der Waals surface area contributed by atoms with Crippen molar-refractivity contribution in [1.29, 1.82) is 0 Å². The van der Waals surface area contributed by atoms with Crippen molar-refractivity contribution in [3.63, 3.8) is 0 Å². The van der Waals surface area contributed by atoms with E-state index in [0.717, 1.165) is 12.8 Å². The number of carboxylic acid groups (broad SMARTS) is 1. The van der Waals surface area contributed by atoms with Gasteiger partial charge >= 0.3 is 5.97 Å². The highest BCUT2D eigenvalue weighted by Gasteiger charge is 2.50. The van der Waals surface area contributed by atoms with Gasteiger partial charge in [0.05, 0.1) is 5.41 Å². The van der Waals surface area contributed by atoms with Crippen LogP contribution in [0, 0.1) is 17.3 Å². The van der Waals surface area contributed by atoms with Crippen LogP contribution >= 0.6 is 0 Å². The maximum atomic E-state index is 12.2. The summed E-state index contributed by atoms with van der Waals surface area (Å²) >= 11 is 0. The van der Waals surface area contributed by atoms with Crippen LogP contribution in [-0.2, 0) is 9.59 Å². The predicted molar refractivity (Wildman–Crippen MR) is 72.7 cm³/mol. The summed E-state index contributed by atoms with van der Waals surface area (Å²) in [5.41, 5.74) is -0.651. The number of rotatable bonds is 7. The lowest BCUT2D eigenvalue weighted by Crippen LogP contribution is -2.38. The SMILES string of the molecule is CCC(CC1CCCC1)C(=O)NCC1(C(=O)O)CC1. The third kappa shape index (κ3) is 3.48. The zero-order chi connectivity index (χ0) is 13.9. The maximum Gasteiger partial charge on any atom is 0.311 e. The first-order chi connectivity index (χ1) is 9.07. The second kappa shape index (κ2) is 5.93. The van der Waals surface area contributed by atoms with E-state index in [1.54, 1.807) is 0 Å². The molecule has 0 radical (unpaired) electrons. The van der Waals surface area contributed by atoms with E-state index in [1.165, 1.54) is 25.7 Å². The number of amides is 1. The highest BCUT2D eigenvalue weighted by atomic mass is 16.4. The molecule has 0 aromatic carbocycles. The summed E-state index contributed by atoms with van der Waals surface area (Å²) in [6.07, 6.45) is 8.32. The van der Waals surface area contributed by atoms with Crippen LogP contribution in [0.5, 0.6) is 0 Å². The van der Waals surface area contributed by atoms with Gasteiger partial charge in [0.1, 0.15) is 0 Å².